The second-order valence-corrected chi connectivity index (χ2v) is 6.52. The fourth-order valence-corrected chi connectivity index (χ4v) is 2.39. The summed E-state index contributed by atoms with van der Waals surface area (Å²) in [4.78, 5) is 35.5. The summed E-state index contributed by atoms with van der Waals surface area (Å²) < 4.78 is 10.8. The van der Waals surface area contributed by atoms with Gasteiger partial charge in [0.15, 0.2) is 6.10 Å². The maximum Gasteiger partial charge on any atom is 0.338 e. The molecule has 7 nitrogen and oxygen atoms in total. The summed E-state index contributed by atoms with van der Waals surface area (Å²) in [6.45, 7) is 5.63. The molecule has 0 aliphatic carbocycles. The van der Waals surface area contributed by atoms with E-state index in [4.69, 9.17) is 9.47 Å². The van der Waals surface area contributed by atoms with E-state index in [1.807, 2.05) is 0 Å². The number of benzene rings is 2. The van der Waals surface area contributed by atoms with Crippen molar-refractivity contribution in [1.82, 2.24) is 0 Å². The SMILES string of the molecule is CCCCOc1ccc(C(=O)O[C@H](C)C(=O)Nc2ccc(NC(C)=O)cc2)cc1. The summed E-state index contributed by atoms with van der Waals surface area (Å²) in [5, 5.41) is 5.31. The molecule has 0 aliphatic rings. The molecule has 0 fully saturated rings. The van der Waals surface area contributed by atoms with Crippen LogP contribution in [0.2, 0.25) is 0 Å². The van der Waals surface area contributed by atoms with Gasteiger partial charge < -0.3 is 20.1 Å². The molecule has 1 atom stereocenters. The molecule has 2 amide bonds. The van der Waals surface area contributed by atoms with E-state index in [2.05, 4.69) is 17.6 Å². The van der Waals surface area contributed by atoms with Gasteiger partial charge in [0.2, 0.25) is 5.91 Å². The number of hydrogen-bond acceptors (Lipinski definition) is 5. The first-order chi connectivity index (χ1) is 13.9. The number of amides is 2. The van der Waals surface area contributed by atoms with Crippen LogP contribution in [-0.4, -0.2) is 30.5 Å². The first kappa shape index (κ1) is 21.9. The van der Waals surface area contributed by atoms with Gasteiger partial charge in [-0.2, -0.15) is 0 Å². The average Bonchev–Trinajstić information content (AvgIpc) is 2.69. The topological polar surface area (TPSA) is 93.7 Å². The number of carbonyl (C=O) groups is 3. The van der Waals surface area contributed by atoms with Crippen molar-refractivity contribution in [2.24, 2.45) is 0 Å². The van der Waals surface area contributed by atoms with Crippen molar-refractivity contribution in [3.63, 3.8) is 0 Å². The first-order valence-corrected chi connectivity index (χ1v) is 9.51. The number of carbonyl (C=O) groups excluding carboxylic acids is 3. The van der Waals surface area contributed by atoms with Crippen LogP contribution >= 0.6 is 0 Å². The number of ether oxygens (including phenoxy) is 2. The summed E-state index contributed by atoms with van der Waals surface area (Å²) >= 11 is 0. The highest BCUT2D eigenvalue weighted by Gasteiger charge is 2.19. The molecule has 2 aromatic carbocycles. The molecule has 0 saturated heterocycles. The second kappa shape index (κ2) is 10.8. The maximum absolute atomic E-state index is 12.3. The van der Waals surface area contributed by atoms with Crippen molar-refractivity contribution < 1.29 is 23.9 Å². The highest BCUT2D eigenvalue weighted by molar-refractivity contribution is 5.97. The molecule has 29 heavy (non-hydrogen) atoms. The molecule has 0 saturated carbocycles. The molecule has 7 heteroatoms. The zero-order valence-corrected chi connectivity index (χ0v) is 16.9. The fourth-order valence-electron chi connectivity index (χ4n) is 2.39. The van der Waals surface area contributed by atoms with Gasteiger partial charge in [-0.05, 0) is 61.9 Å². The highest BCUT2D eigenvalue weighted by atomic mass is 16.5. The number of esters is 1. The quantitative estimate of drug-likeness (QED) is 0.492. The lowest BCUT2D eigenvalue weighted by Gasteiger charge is -2.14. The van der Waals surface area contributed by atoms with E-state index in [0.29, 0.717) is 29.3 Å². The number of anilines is 2. The van der Waals surface area contributed by atoms with E-state index < -0.39 is 18.0 Å². The normalized spacial score (nSPS) is 11.3. The average molecular weight is 398 g/mol. The minimum Gasteiger partial charge on any atom is -0.494 e. The maximum atomic E-state index is 12.3. The molecule has 2 rings (SSSR count). The number of nitrogens with one attached hydrogen (secondary N) is 2. The molecule has 0 radical (unpaired) electrons. The number of hydrogen-bond donors (Lipinski definition) is 2. The van der Waals surface area contributed by atoms with Crippen molar-refractivity contribution in [2.75, 3.05) is 17.2 Å². The van der Waals surface area contributed by atoms with Crippen molar-refractivity contribution in [1.29, 1.82) is 0 Å². The fraction of sp³-hybridized carbons (Fsp3) is 0.318. The third kappa shape index (κ3) is 7.29. The summed E-state index contributed by atoms with van der Waals surface area (Å²) in [5.41, 5.74) is 1.49. The Hall–Kier alpha value is -3.35. The van der Waals surface area contributed by atoms with Gasteiger partial charge in [0.1, 0.15) is 5.75 Å². The van der Waals surface area contributed by atoms with E-state index in [1.54, 1.807) is 48.5 Å². The molecule has 0 aromatic heterocycles. The van der Waals surface area contributed by atoms with Crippen molar-refractivity contribution in [3.8, 4) is 5.75 Å². The van der Waals surface area contributed by atoms with Crippen LogP contribution in [0, 0.1) is 0 Å². The lowest BCUT2D eigenvalue weighted by Crippen LogP contribution is -2.30. The van der Waals surface area contributed by atoms with Gasteiger partial charge >= 0.3 is 5.97 Å². The van der Waals surface area contributed by atoms with Gasteiger partial charge in [-0.3, -0.25) is 9.59 Å². The summed E-state index contributed by atoms with van der Waals surface area (Å²) in [6.07, 6.45) is 1.04. The third-order valence-electron chi connectivity index (χ3n) is 3.98. The van der Waals surface area contributed by atoms with E-state index in [0.717, 1.165) is 12.8 Å². The van der Waals surface area contributed by atoms with Crippen LogP contribution in [0.25, 0.3) is 0 Å². The zero-order chi connectivity index (χ0) is 21.2. The standard InChI is InChI=1S/C22H26N2O5/c1-4-5-14-28-20-12-6-17(7-13-20)22(27)29-15(2)21(26)24-19-10-8-18(9-11-19)23-16(3)25/h6-13,15H,4-5,14H2,1-3H3,(H,23,25)(H,24,26)/t15-/m1/s1. The van der Waals surface area contributed by atoms with E-state index in [-0.39, 0.29) is 5.91 Å². The van der Waals surface area contributed by atoms with E-state index in [9.17, 15) is 14.4 Å². The predicted molar refractivity (Wildman–Crippen MR) is 111 cm³/mol. The van der Waals surface area contributed by atoms with Crippen LogP contribution in [0.4, 0.5) is 11.4 Å². The first-order valence-electron chi connectivity index (χ1n) is 9.51. The van der Waals surface area contributed by atoms with Crippen LogP contribution in [0.1, 0.15) is 44.0 Å². The monoisotopic (exact) mass is 398 g/mol. The van der Waals surface area contributed by atoms with Gasteiger partial charge in [0, 0.05) is 18.3 Å². The molecule has 2 aromatic rings. The summed E-state index contributed by atoms with van der Waals surface area (Å²) in [7, 11) is 0. The van der Waals surface area contributed by atoms with E-state index in [1.165, 1.54) is 13.8 Å². The van der Waals surface area contributed by atoms with Gasteiger partial charge in [0.25, 0.3) is 5.91 Å². The molecule has 0 spiro atoms. The van der Waals surface area contributed by atoms with E-state index >= 15 is 0 Å². The Morgan fingerprint density at radius 1 is 0.931 bits per heavy atom. The van der Waals surface area contributed by atoms with Crippen LogP contribution in [-0.2, 0) is 14.3 Å². The Labute approximate surface area is 170 Å². The van der Waals surface area contributed by atoms with Crippen LogP contribution in [0.3, 0.4) is 0 Å². The van der Waals surface area contributed by atoms with Crippen LogP contribution < -0.4 is 15.4 Å². The molecular weight excluding hydrogens is 372 g/mol. The zero-order valence-electron chi connectivity index (χ0n) is 16.9. The Balaban J connectivity index is 1.86. The second-order valence-electron chi connectivity index (χ2n) is 6.52. The van der Waals surface area contributed by atoms with Gasteiger partial charge in [-0.15, -0.1) is 0 Å². The molecule has 0 heterocycles. The molecule has 0 bridgehead atoms. The molecule has 0 aliphatic heterocycles. The van der Waals surface area contributed by atoms with Crippen molar-refractivity contribution >= 4 is 29.2 Å². The third-order valence-corrected chi connectivity index (χ3v) is 3.98. The summed E-state index contributed by atoms with van der Waals surface area (Å²) in [5.74, 6) is -0.537. The van der Waals surface area contributed by atoms with Gasteiger partial charge in [-0.1, -0.05) is 13.3 Å². The Bertz CT molecular complexity index is 831. The Morgan fingerprint density at radius 3 is 2.07 bits per heavy atom. The highest BCUT2D eigenvalue weighted by Crippen LogP contribution is 2.16. The largest absolute Gasteiger partial charge is 0.494 e. The molecule has 154 valence electrons. The number of rotatable bonds is 9. The number of unbranched alkanes of at least 4 members (excludes halogenated alkanes) is 1. The van der Waals surface area contributed by atoms with Crippen molar-refractivity contribution in [2.45, 2.75) is 39.7 Å². The minimum absolute atomic E-state index is 0.178. The lowest BCUT2D eigenvalue weighted by atomic mass is 10.2. The lowest BCUT2D eigenvalue weighted by molar-refractivity contribution is -0.123. The molecule has 0 unspecified atom stereocenters. The molecular formula is C22H26N2O5. The smallest absolute Gasteiger partial charge is 0.338 e. The summed E-state index contributed by atoms with van der Waals surface area (Å²) in [6, 6.07) is 13.2. The Morgan fingerprint density at radius 2 is 1.52 bits per heavy atom. The van der Waals surface area contributed by atoms with Crippen LogP contribution in [0.5, 0.6) is 5.75 Å². The minimum atomic E-state index is -0.974. The molecule has 2 N–H and O–H groups in total. The predicted octanol–water partition coefficient (Wildman–Crippen LogP) is 4.01. The van der Waals surface area contributed by atoms with Crippen LogP contribution in [0.15, 0.2) is 48.5 Å². The van der Waals surface area contributed by atoms with Gasteiger partial charge in [0.05, 0.1) is 12.2 Å². The Kier molecular flexibility index (Phi) is 8.21. The van der Waals surface area contributed by atoms with Gasteiger partial charge in [-0.25, -0.2) is 4.79 Å². The van der Waals surface area contributed by atoms with Crippen molar-refractivity contribution in [3.05, 3.63) is 54.1 Å².